The summed E-state index contributed by atoms with van der Waals surface area (Å²) in [4.78, 5) is 35.2. The molecule has 0 atom stereocenters. The topological polar surface area (TPSA) is 178 Å². The van der Waals surface area contributed by atoms with Crippen molar-refractivity contribution < 1.29 is 36.2 Å². The Labute approximate surface area is 274 Å². The number of carbonyl (C=O) groups is 1. The van der Waals surface area contributed by atoms with E-state index in [0.29, 0.717) is 37.6 Å². The van der Waals surface area contributed by atoms with Crippen LogP contribution >= 0.6 is 0 Å². The molecular weight excluding hydrogens is 655 g/mol. The molecule has 0 saturated heterocycles. The standard InChI is InChI=1S/C30H34F3N9O5S/c1-29(2,44)17-47-28(43)42(25-15-35-24(14-36-25)19-11-38-41(3)16-19)21-7-5-20(6-8-21)39-27-37-13-23(30(31,32)33)26(40-27)18-9-22(12-34-10-18)48(4,45)46/h9-16,20-21,44H,5-8,17H2,1-4H3,(H,37,39,40)/t20-,21-. The first-order valence-corrected chi connectivity index (χ1v) is 16.7. The number of hydrogen-bond acceptors (Lipinski definition) is 12. The molecule has 18 heteroatoms. The lowest BCUT2D eigenvalue weighted by Gasteiger charge is -2.36. The third-order valence-corrected chi connectivity index (χ3v) is 8.61. The van der Waals surface area contributed by atoms with Crippen LogP contribution in [0, 0.1) is 0 Å². The molecule has 14 nitrogen and oxygen atoms in total. The minimum atomic E-state index is -4.81. The average Bonchev–Trinajstić information content (AvgIpc) is 3.46. The summed E-state index contributed by atoms with van der Waals surface area (Å²) < 4.78 is 72.8. The van der Waals surface area contributed by atoms with E-state index in [1.54, 1.807) is 24.1 Å². The van der Waals surface area contributed by atoms with Crippen LogP contribution in [0.3, 0.4) is 0 Å². The molecule has 0 spiro atoms. The minimum absolute atomic E-state index is 0.0792. The number of sulfone groups is 1. The van der Waals surface area contributed by atoms with Crippen molar-refractivity contribution >= 4 is 27.7 Å². The number of carbonyl (C=O) groups excluding carboxylic acids is 1. The van der Waals surface area contributed by atoms with Crippen LogP contribution < -0.4 is 10.2 Å². The normalized spacial score (nSPS) is 17.2. The van der Waals surface area contributed by atoms with Gasteiger partial charge in [0, 0.05) is 61.3 Å². The van der Waals surface area contributed by atoms with Crippen molar-refractivity contribution in [3.05, 3.63) is 55.0 Å². The van der Waals surface area contributed by atoms with Gasteiger partial charge in [0.15, 0.2) is 15.7 Å². The number of anilines is 2. The fourth-order valence-electron chi connectivity index (χ4n) is 5.18. The van der Waals surface area contributed by atoms with Crippen LogP contribution in [0.2, 0.25) is 0 Å². The smallest absolute Gasteiger partial charge is 0.419 e. The molecule has 1 saturated carbocycles. The quantitative estimate of drug-likeness (QED) is 0.255. The van der Waals surface area contributed by atoms with Gasteiger partial charge in [0.2, 0.25) is 5.95 Å². The molecule has 1 fully saturated rings. The van der Waals surface area contributed by atoms with Gasteiger partial charge in [-0.05, 0) is 45.6 Å². The maximum absolute atomic E-state index is 13.9. The molecule has 1 aliphatic rings. The molecule has 1 amide bonds. The molecule has 0 radical (unpaired) electrons. The number of nitrogens with one attached hydrogen (secondary N) is 1. The van der Waals surface area contributed by atoms with Gasteiger partial charge in [-0.25, -0.2) is 28.2 Å². The Morgan fingerprint density at radius 2 is 1.77 bits per heavy atom. The number of alkyl halides is 3. The monoisotopic (exact) mass is 689 g/mol. The summed E-state index contributed by atoms with van der Waals surface area (Å²) in [6, 6.07) is 0.455. The summed E-state index contributed by atoms with van der Waals surface area (Å²) in [6.07, 6.45) is 6.49. The van der Waals surface area contributed by atoms with Crippen molar-refractivity contribution in [1.82, 2.24) is 34.7 Å². The molecule has 0 bridgehead atoms. The summed E-state index contributed by atoms with van der Waals surface area (Å²) in [5, 5.41) is 17.3. The second-order valence-corrected chi connectivity index (χ2v) is 14.2. The van der Waals surface area contributed by atoms with E-state index in [4.69, 9.17) is 4.74 Å². The van der Waals surface area contributed by atoms with Gasteiger partial charge in [-0.2, -0.15) is 18.3 Å². The van der Waals surface area contributed by atoms with Gasteiger partial charge in [0.05, 0.1) is 40.5 Å². The predicted octanol–water partition coefficient (Wildman–Crippen LogP) is 4.29. The number of pyridine rings is 1. The zero-order valence-electron chi connectivity index (χ0n) is 26.5. The number of aryl methyl sites for hydroxylation is 1. The van der Waals surface area contributed by atoms with Gasteiger partial charge in [0.1, 0.15) is 12.2 Å². The van der Waals surface area contributed by atoms with Gasteiger partial charge in [-0.15, -0.1) is 0 Å². The predicted molar refractivity (Wildman–Crippen MR) is 167 cm³/mol. The van der Waals surface area contributed by atoms with Crippen LogP contribution in [0.5, 0.6) is 0 Å². The highest BCUT2D eigenvalue weighted by atomic mass is 32.2. The third kappa shape index (κ3) is 8.41. The van der Waals surface area contributed by atoms with E-state index in [0.717, 1.165) is 30.3 Å². The number of nitrogens with zero attached hydrogens (tertiary/aromatic N) is 8. The summed E-state index contributed by atoms with van der Waals surface area (Å²) >= 11 is 0. The summed E-state index contributed by atoms with van der Waals surface area (Å²) in [7, 11) is -1.97. The molecule has 1 aliphatic carbocycles. The van der Waals surface area contributed by atoms with E-state index in [1.165, 1.54) is 31.1 Å². The first kappa shape index (κ1) is 34.6. The molecule has 5 rings (SSSR count). The molecule has 4 heterocycles. The zero-order valence-corrected chi connectivity index (χ0v) is 27.3. The van der Waals surface area contributed by atoms with Crippen LogP contribution in [0.1, 0.15) is 45.1 Å². The van der Waals surface area contributed by atoms with Gasteiger partial charge < -0.3 is 15.2 Å². The lowest BCUT2D eigenvalue weighted by Crippen LogP contribution is -2.46. The van der Waals surface area contributed by atoms with Crippen LogP contribution in [0.25, 0.3) is 22.5 Å². The molecule has 0 aromatic carbocycles. The Balaban J connectivity index is 1.34. The Hall–Kier alpha value is -4.71. The number of aliphatic hydroxyl groups is 1. The average molecular weight is 690 g/mol. The Kier molecular flexibility index (Phi) is 9.68. The third-order valence-electron chi connectivity index (χ3n) is 7.54. The lowest BCUT2D eigenvalue weighted by molar-refractivity contribution is -0.137. The highest BCUT2D eigenvalue weighted by molar-refractivity contribution is 7.90. The van der Waals surface area contributed by atoms with Gasteiger partial charge in [-0.1, -0.05) is 0 Å². The number of ether oxygens (including phenoxy) is 1. The number of amides is 1. The Bertz CT molecular complexity index is 1870. The molecule has 48 heavy (non-hydrogen) atoms. The van der Waals surface area contributed by atoms with Crippen molar-refractivity contribution in [2.45, 2.75) is 68.3 Å². The van der Waals surface area contributed by atoms with Crippen LogP contribution in [0.15, 0.2) is 54.3 Å². The minimum Gasteiger partial charge on any atom is -0.446 e. The maximum atomic E-state index is 13.9. The molecule has 4 aromatic heterocycles. The number of hydrogen-bond donors (Lipinski definition) is 2. The molecule has 0 aliphatic heterocycles. The van der Waals surface area contributed by atoms with E-state index in [1.807, 2.05) is 0 Å². The number of rotatable bonds is 9. The van der Waals surface area contributed by atoms with Crippen LogP contribution in [-0.4, -0.2) is 84.9 Å². The summed E-state index contributed by atoms with van der Waals surface area (Å²) in [5.41, 5.74) is -1.75. The number of halogens is 3. The highest BCUT2D eigenvalue weighted by Gasteiger charge is 2.37. The lowest BCUT2D eigenvalue weighted by atomic mass is 9.90. The van der Waals surface area contributed by atoms with Crippen molar-refractivity contribution in [3.8, 4) is 22.5 Å². The van der Waals surface area contributed by atoms with Crippen molar-refractivity contribution in [3.63, 3.8) is 0 Å². The maximum Gasteiger partial charge on any atom is 0.419 e. The van der Waals surface area contributed by atoms with Gasteiger partial charge in [-0.3, -0.25) is 19.5 Å². The van der Waals surface area contributed by atoms with Gasteiger partial charge >= 0.3 is 12.3 Å². The fraction of sp³-hybridized carbons (Fsp3) is 0.433. The van der Waals surface area contributed by atoms with Crippen molar-refractivity contribution in [2.75, 3.05) is 23.1 Å². The molecular formula is C30H34F3N9O5S. The van der Waals surface area contributed by atoms with Crippen LogP contribution in [-0.2, 0) is 27.8 Å². The van der Waals surface area contributed by atoms with Crippen molar-refractivity contribution in [1.29, 1.82) is 0 Å². The zero-order chi connectivity index (χ0) is 34.9. The van der Waals surface area contributed by atoms with E-state index in [-0.39, 0.29) is 40.9 Å². The SMILES string of the molecule is Cn1cc(-c2cnc(N(C(=O)OCC(C)(C)O)[C@H]3CC[C@H](Nc4ncc(C(F)(F)F)c(-c5cncc(S(C)(=O)=O)c5)n4)CC3)cn2)cn1. The number of aromatic nitrogens is 7. The van der Waals surface area contributed by atoms with E-state index < -0.39 is 39.0 Å². The summed E-state index contributed by atoms with van der Waals surface area (Å²) in [5.74, 6) is 0.171. The second kappa shape index (κ2) is 13.4. The molecule has 2 N–H and O–H groups in total. The second-order valence-electron chi connectivity index (χ2n) is 12.2. The van der Waals surface area contributed by atoms with Gasteiger partial charge in [0.25, 0.3) is 0 Å². The molecule has 4 aromatic rings. The molecule has 0 unspecified atom stereocenters. The largest absolute Gasteiger partial charge is 0.446 e. The van der Waals surface area contributed by atoms with Crippen molar-refractivity contribution in [2.24, 2.45) is 7.05 Å². The first-order chi connectivity index (χ1) is 22.5. The molecule has 256 valence electrons. The fourth-order valence-corrected chi connectivity index (χ4v) is 5.77. The Morgan fingerprint density at radius 1 is 1.04 bits per heavy atom. The van der Waals surface area contributed by atoms with E-state index in [9.17, 15) is 31.5 Å². The van der Waals surface area contributed by atoms with Crippen LogP contribution in [0.4, 0.5) is 29.7 Å². The Morgan fingerprint density at radius 3 is 2.35 bits per heavy atom. The first-order valence-electron chi connectivity index (χ1n) is 14.8. The van der Waals surface area contributed by atoms with E-state index in [2.05, 4.69) is 35.3 Å². The van der Waals surface area contributed by atoms with E-state index >= 15 is 0 Å². The summed E-state index contributed by atoms with van der Waals surface area (Å²) in [6.45, 7) is 2.77. The highest BCUT2D eigenvalue weighted by Crippen LogP contribution is 2.37.